The fourth-order valence-electron chi connectivity index (χ4n) is 1.32. The molecule has 3 heteroatoms. The number of aryl methyl sites for hydroxylation is 1. The quantitative estimate of drug-likeness (QED) is 0.733. The average molecular weight is 209 g/mol. The molecule has 0 unspecified atom stereocenters. The molecule has 76 valence electrons. The van der Waals surface area contributed by atoms with Gasteiger partial charge in [0.05, 0.1) is 5.75 Å². The highest BCUT2D eigenvalue weighted by molar-refractivity contribution is 7.81. The molecule has 0 aromatic heterocycles. The second-order valence-corrected chi connectivity index (χ2v) is 3.43. The number of amides is 1. The van der Waals surface area contributed by atoms with Crippen molar-refractivity contribution >= 4 is 24.2 Å². The van der Waals surface area contributed by atoms with Gasteiger partial charge in [-0.3, -0.25) is 4.79 Å². The second kappa shape index (κ2) is 5.70. The van der Waals surface area contributed by atoms with Gasteiger partial charge in [-0.2, -0.15) is 12.6 Å². The van der Waals surface area contributed by atoms with Crippen LogP contribution < -0.4 is 5.32 Å². The Morgan fingerprint density at radius 3 is 2.79 bits per heavy atom. The molecule has 1 rings (SSSR count). The lowest BCUT2D eigenvalue weighted by molar-refractivity contribution is -0.113. The lowest BCUT2D eigenvalue weighted by atomic mass is 10.1. The minimum absolute atomic E-state index is 0.0584. The summed E-state index contributed by atoms with van der Waals surface area (Å²) in [6.07, 6.45) is 2.07. The summed E-state index contributed by atoms with van der Waals surface area (Å²) >= 11 is 3.92. The topological polar surface area (TPSA) is 29.1 Å². The normalized spacial score (nSPS) is 9.86. The molecule has 0 spiro atoms. The van der Waals surface area contributed by atoms with E-state index in [9.17, 15) is 4.79 Å². The van der Waals surface area contributed by atoms with Gasteiger partial charge in [-0.15, -0.1) is 0 Å². The van der Waals surface area contributed by atoms with Crippen LogP contribution in [0.15, 0.2) is 24.3 Å². The zero-order chi connectivity index (χ0) is 10.4. The largest absolute Gasteiger partial charge is 0.325 e. The highest BCUT2D eigenvalue weighted by Gasteiger charge is 2.03. The van der Waals surface area contributed by atoms with Gasteiger partial charge in [0.1, 0.15) is 0 Å². The summed E-state index contributed by atoms with van der Waals surface area (Å²) in [5, 5.41) is 2.83. The van der Waals surface area contributed by atoms with Crippen LogP contribution in [-0.4, -0.2) is 11.7 Å². The first-order chi connectivity index (χ1) is 6.77. The van der Waals surface area contributed by atoms with Crippen LogP contribution in [-0.2, 0) is 11.2 Å². The maximum atomic E-state index is 11.2. The van der Waals surface area contributed by atoms with Gasteiger partial charge in [0.2, 0.25) is 5.91 Å². The maximum absolute atomic E-state index is 11.2. The fraction of sp³-hybridized carbons (Fsp3) is 0.364. The molecule has 0 heterocycles. The Hall–Kier alpha value is -0.960. The molecule has 14 heavy (non-hydrogen) atoms. The lowest BCUT2D eigenvalue weighted by Crippen LogP contribution is -2.13. The molecule has 1 amide bonds. The number of hydrogen-bond donors (Lipinski definition) is 2. The SMILES string of the molecule is CCCc1ccccc1NC(=O)CS. The summed E-state index contributed by atoms with van der Waals surface area (Å²) in [6.45, 7) is 2.12. The Kier molecular flexibility index (Phi) is 4.53. The monoisotopic (exact) mass is 209 g/mol. The van der Waals surface area contributed by atoms with Gasteiger partial charge >= 0.3 is 0 Å². The van der Waals surface area contributed by atoms with E-state index < -0.39 is 0 Å². The minimum Gasteiger partial charge on any atom is -0.325 e. The van der Waals surface area contributed by atoms with Crippen molar-refractivity contribution in [3.05, 3.63) is 29.8 Å². The standard InChI is InChI=1S/C11H15NOS/c1-2-5-9-6-3-4-7-10(9)12-11(13)8-14/h3-4,6-7,14H,2,5,8H2,1H3,(H,12,13). The van der Waals surface area contributed by atoms with Gasteiger partial charge in [-0.05, 0) is 18.1 Å². The van der Waals surface area contributed by atoms with Crippen molar-refractivity contribution in [1.82, 2.24) is 0 Å². The Labute approximate surface area is 90.1 Å². The van der Waals surface area contributed by atoms with E-state index in [0.29, 0.717) is 0 Å². The number of benzene rings is 1. The Morgan fingerprint density at radius 1 is 1.43 bits per heavy atom. The third-order valence-electron chi connectivity index (χ3n) is 1.95. The molecule has 1 N–H and O–H groups in total. The summed E-state index contributed by atoms with van der Waals surface area (Å²) < 4.78 is 0. The molecule has 2 nitrogen and oxygen atoms in total. The van der Waals surface area contributed by atoms with Crippen LogP contribution >= 0.6 is 12.6 Å². The lowest BCUT2D eigenvalue weighted by Gasteiger charge is -2.08. The van der Waals surface area contributed by atoms with Crippen molar-refractivity contribution < 1.29 is 4.79 Å². The summed E-state index contributed by atoms with van der Waals surface area (Å²) in [5.74, 6) is 0.164. The number of nitrogens with one attached hydrogen (secondary N) is 1. The molecule has 1 aromatic rings. The van der Waals surface area contributed by atoms with E-state index in [4.69, 9.17) is 0 Å². The first kappa shape index (κ1) is 11.1. The molecule has 0 radical (unpaired) electrons. The smallest absolute Gasteiger partial charge is 0.234 e. The van der Waals surface area contributed by atoms with Crippen molar-refractivity contribution in [3.63, 3.8) is 0 Å². The summed E-state index contributed by atoms with van der Waals surface area (Å²) in [6, 6.07) is 7.87. The molecule has 0 saturated carbocycles. The molecule has 0 atom stereocenters. The first-order valence-corrected chi connectivity index (χ1v) is 5.39. The Balaban J connectivity index is 2.78. The van der Waals surface area contributed by atoms with Crippen LogP contribution in [0.3, 0.4) is 0 Å². The molecular weight excluding hydrogens is 194 g/mol. The fourth-order valence-corrected chi connectivity index (χ4v) is 1.40. The van der Waals surface area contributed by atoms with Gasteiger partial charge in [-0.1, -0.05) is 31.5 Å². The van der Waals surface area contributed by atoms with Gasteiger partial charge in [-0.25, -0.2) is 0 Å². The van der Waals surface area contributed by atoms with E-state index in [1.54, 1.807) is 0 Å². The predicted octanol–water partition coefficient (Wildman–Crippen LogP) is 2.51. The molecule has 0 aliphatic carbocycles. The highest BCUT2D eigenvalue weighted by Crippen LogP contribution is 2.16. The minimum atomic E-state index is -0.0584. The van der Waals surface area contributed by atoms with Crippen LogP contribution in [0.25, 0.3) is 0 Å². The Morgan fingerprint density at radius 2 is 2.14 bits per heavy atom. The average Bonchev–Trinajstić information content (AvgIpc) is 2.21. The molecule has 0 aliphatic rings. The van der Waals surface area contributed by atoms with Gasteiger partial charge in [0.15, 0.2) is 0 Å². The van der Waals surface area contributed by atoms with Crippen LogP contribution in [0.1, 0.15) is 18.9 Å². The number of rotatable bonds is 4. The first-order valence-electron chi connectivity index (χ1n) is 4.76. The molecular formula is C11H15NOS. The number of thiol groups is 1. The third kappa shape index (κ3) is 3.07. The van der Waals surface area contributed by atoms with Gasteiger partial charge in [0, 0.05) is 5.69 Å². The summed E-state index contributed by atoms with van der Waals surface area (Å²) in [7, 11) is 0. The molecule has 0 fully saturated rings. The van der Waals surface area contributed by atoms with Crippen molar-refractivity contribution in [2.24, 2.45) is 0 Å². The van der Waals surface area contributed by atoms with E-state index >= 15 is 0 Å². The number of carbonyl (C=O) groups is 1. The summed E-state index contributed by atoms with van der Waals surface area (Å²) in [4.78, 5) is 11.2. The van der Waals surface area contributed by atoms with Crippen molar-refractivity contribution in [2.75, 3.05) is 11.1 Å². The van der Waals surface area contributed by atoms with E-state index in [0.717, 1.165) is 18.5 Å². The van der Waals surface area contributed by atoms with Crippen LogP contribution in [0.4, 0.5) is 5.69 Å². The number of anilines is 1. The van der Waals surface area contributed by atoms with E-state index in [-0.39, 0.29) is 11.7 Å². The summed E-state index contributed by atoms with van der Waals surface area (Å²) in [5.41, 5.74) is 2.10. The number of para-hydroxylation sites is 1. The number of hydrogen-bond acceptors (Lipinski definition) is 2. The zero-order valence-corrected chi connectivity index (χ0v) is 9.18. The Bertz CT molecular complexity index is 312. The molecule has 1 aromatic carbocycles. The van der Waals surface area contributed by atoms with Crippen molar-refractivity contribution in [3.8, 4) is 0 Å². The van der Waals surface area contributed by atoms with E-state index in [1.807, 2.05) is 24.3 Å². The van der Waals surface area contributed by atoms with Gasteiger partial charge < -0.3 is 5.32 Å². The van der Waals surface area contributed by atoms with Crippen LogP contribution in [0.5, 0.6) is 0 Å². The van der Waals surface area contributed by atoms with Crippen LogP contribution in [0.2, 0.25) is 0 Å². The maximum Gasteiger partial charge on any atom is 0.234 e. The molecule has 0 aliphatic heterocycles. The number of carbonyl (C=O) groups excluding carboxylic acids is 1. The van der Waals surface area contributed by atoms with Crippen molar-refractivity contribution in [2.45, 2.75) is 19.8 Å². The zero-order valence-electron chi connectivity index (χ0n) is 8.29. The van der Waals surface area contributed by atoms with E-state index in [1.165, 1.54) is 5.56 Å². The predicted molar refractivity (Wildman–Crippen MR) is 62.9 cm³/mol. The van der Waals surface area contributed by atoms with Crippen LogP contribution in [0, 0.1) is 0 Å². The highest BCUT2D eigenvalue weighted by atomic mass is 32.1. The second-order valence-electron chi connectivity index (χ2n) is 3.11. The third-order valence-corrected chi connectivity index (χ3v) is 2.24. The van der Waals surface area contributed by atoms with E-state index in [2.05, 4.69) is 24.9 Å². The van der Waals surface area contributed by atoms with Gasteiger partial charge in [0.25, 0.3) is 0 Å². The molecule has 0 saturated heterocycles. The molecule has 0 bridgehead atoms. The van der Waals surface area contributed by atoms with Crippen molar-refractivity contribution in [1.29, 1.82) is 0 Å².